The Morgan fingerprint density at radius 2 is 1.50 bits per heavy atom. The van der Waals surface area contributed by atoms with Crippen LogP contribution in [0.3, 0.4) is 0 Å². The van der Waals surface area contributed by atoms with E-state index in [2.05, 4.69) is 10.1 Å². The second kappa shape index (κ2) is 5.92. The Bertz CT molecular complexity index is 478. The third-order valence-electron chi connectivity index (χ3n) is 2.87. The van der Waals surface area contributed by atoms with Crippen LogP contribution in [0.4, 0.5) is 22.0 Å². The van der Waals surface area contributed by atoms with E-state index in [-0.39, 0.29) is 12.6 Å². The summed E-state index contributed by atoms with van der Waals surface area (Å²) in [6.45, 7) is -0.794. The monoisotopic (exact) mass is 297 g/mol. The maximum atomic E-state index is 13.3. The molecule has 1 atom stereocenters. The van der Waals surface area contributed by atoms with Gasteiger partial charge in [0.1, 0.15) is 6.61 Å². The van der Waals surface area contributed by atoms with Crippen molar-refractivity contribution in [3.63, 3.8) is 0 Å². The first-order valence-corrected chi connectivity index (χ1v) is 5.96. The molecule has 0 aromatic heterocycles. The van der Waals surface area contributed by atoms with Gasteiger partial charge in [-0.15, -0.1) is 0 Å². The average Bonchev–Trinajstić information content (AvgIpc) is 3.25. The minimum atomic E-state index is -2.23. The highest BCUT2D eigenvalue weighted by molar-refractivity contribution is 5.29. The van der Waals surface area contributed by atoms with Crippen molar-refractivity contribution in [2.24, 2.45) is 0 Å². The molecule has 0 amide bonds. The molecule has 1 aromatic carbocycles. The number of nitrogens with one attached hydrogen (secondary N) is 1. The van der Waals surface area contributed by atoms with Crippen molar-refractivity contribution in [1.29, 1.82) is 0 Å². The third-order valence-corrected chi connectivity index (χ3v) is 2.87. The zero-order chi connectivity index (χ0) is 14.9. The molecule has 1 fully saturated rings. The minimum absolute atomic E-state index is 0.187. The van der Waals surface area contributed by atoms with Gasteiger partial charge in [0, 0.05) is 6.04 Å². The summed E-state index contributed by atoms with van der Waals surface area (Å²) in [5.74, 6) is -11.7. The first-order valence-electron chi connectivity index (χ1n) is 5.96. The second-order valence-corrected chi connectivity index (χ2v) is 4.53. The van der Waals surface area contributed by atoms with Gasteiger partial charge in [-0.25, -0.2) is 13.2 Å². The highest BCUT2D eigenvalue weighted by Gasteiger charge is 2.29. The molecule has 0 aliphatic heterocycles. The molecule has 0 spiro atoms. The van der Waals surface area contributed by atoms with Crippen LogP contribution in [0.15, 0.2) is 0 Å². The van der Waals surface area contributed by atoms with Gasteiger partial charge < -0.3 is 15.2 Å². The summed E-state index contributed by atoms with van der Waals surface area (Å²) >= 11 is 0. The van der Waals surface area contributed by atoms with E-state index in [9.17, 15) is 22.0 Å². The first kappa shape index (κ1) is 15.0. The van der Waals surface area contributed by atoms with Crippen LogP contribution in [-0.4, -0.2) is 30.4 Å². The number of halogens is 5. The van der Waals surface area contributed by atoms with E-state index >= 15 is 0 Å². The molecular weight excluding hydrogens is 285 g/mol. The molecule has 0 bridgehead atoms. The Kier molecular flexibility index (Phi) is 4.44. The van der Waals surface area contributed by atoms with Gasteiger partial charge in [-0.1, -0.05) is 0 Å². The van der Waals surface area contributed by atoms with Crippen LogP contribution in [0.1, 0.15) is 12.8 Å². The Morgan fingerprint density at radius 3 is 1.95 bits per heavy atom. The van der Waals surface area contributed by atoms with Gasteiger partial charge in [0.2, 0.25) is 29.1 Å². The molecule has 1 aliphatic carbocycles. The molecule has 112 valence electrons. The smallest absolute Gasteiger partial charge is 0.206 e. The fourth-order valence-corrected chi connectivity index (χ4v) is 1.63. The predicted octanol–water partition coefficient (Wildman–Crippen LogP) is 1.87. The Labute approximate surface area is 111 Å². The summed E-state index contributed by atoms with van der Waals surface area (Å²) in [5.41, 5.74) is 0. The molecule has 8 heteroatoms. The number of aliphatic hydroxyl groups excluding tert-OH is 1. The summed E-state index contributed by atoms with van der Waals surface area (Å²) in [6.07, 6.45) is 1.80. The van der Waals surface area contributed by atoms with Crippen molar-refractivity contribution in [2.45, 2.75) is 24.9 Å². The van der Waals surface area contributed by atoms with Gasteiger partial charge in [0.25, 0.3) is 0 Å². The van der Waals surface area contributed by atoms with E-state index < -0.39 is 47.5 Å². The standard InChI is InChI=1S/C12H12F5NO2/c13-7-8(14)10(16)12(11(17)9(7)15)20-4-6(3-19)18-5-1-2-5/h5-6,18-19H,1-4H2. The molecule has 2 N–H and O–H groups in total. The molecule has 20 heavy (non-hydrogen) atoms. The predicted molar refractivity (Wildman–Crippen MR) is 58.8 cm³/mol. The number of hydrogen-bond donors (Lipinski definition) is 2. The molecule has 0 heterocycles. The Balaban J connectivity index is 2.12. The van der Waals surface area contributed by atoms with E-state index in [1.165, 1.54) is 0 Å². The molecule has 2 rings (SSSR count). The lowest BCUT2D eigenvalue weighted by molar-refractivity contribution is 0.171. The van der Waals surface area contributed by atoms with Crippen molar-refractivity contribution in [3.05, 3.63) is 29.1 Å². The fourth-order valence-electron chi connectivity index (χ4n) is 1.63. The highest BCUT2D eigenvalue weighted by atomic mass is 19.2. The summed E-state index contributed by atoms with van der Waals surface area (Å²) in [7, 11) is 0. The summed E-state index contributed by atoms with van der Waals surface area (Å²) < 4.78 is 69.9. The maximum absolute atomic E-state index is 13.3. The number of rotatable bonds is 6. The lowest BCUT2D eigenvalue weighted by Crippen LogP contribution is -2.39. The maximum Gasteiger partial charge on any atom is 0.206 e. The average molecular weight is 297 g/mol. The zero-order valence-electron chi connectivity index (χ0n) is 10.2. The van der Waals surface area contributed by atoms with E-state index in [0.29, 0.717) is 0 Å². The minimum Gasteiger partial charge on any atom is -0.486 e. The lowest BCUT2D eigenvalue weighted by atomic mass is 10.2. The summed E-state index contributed by atoms with van der Waals surface area (Å²) in [6, 6.07) is -0.454. The van der Waals surface area contributed by atoms with E-state index in [1.54, 1.807) is 0 Å². The van der Waals surface area contributed by atoms with Crippen molar-refractivity contribution in [3.8, 4) is 5.75 Å². The molecule has 3 nitrogen and oxygen atoms in total. The number of ether oxygens (including phenoxy) is 1. The van der Waals surface area contributed by atoms with Gasteiger partial charge >= 0.3 is 0 Å². The van der Waals surface area contributed by atoms with Crippen molar-refractivity contribution < 1.29 is 31.8 Å². The molecule has 1 aliphatic rings. The fraction of sp³-hybridized carbons (Fsp3) is 0.500. The van der Waals surface area contributed by atoms with Crippen LogP contribution in [0, 0.1) is 29.1 Å². The van der Waals surface area contributed by atoms with E-state index in [1.807, 2.05) is 0 Å². The van der Waals surface area contributed by atoms with Gasteiger partial charge in [-0.05, 0) is 12.8 Å². The topological polar surface area (TPSA) is 41.5 Å². The van der Waals surface area contributed by atoms with Gasteiger partial charge in [-0.2, -0.15) is 8.78 Å². The van der Waals surface area contributed by atoms with Crippen LogP contribution < -0.4 is 10.1 Å². The molecule has 1 saturated carbocycles. The van der Waals surface area contributed by atoms with Gasteiger partial charge in [0.05, 0.1) is 12.6 Å². The Morgan fingerprint density at radius 1 is 1.00 bits per heavy atom. The summed E-state index contributed by atoms with van der Waals surface area (Å²) in [4.78, 5) is 0. The van der Waals surface area contributed by atoms with Crippen molar-refractivity contribution >= 4 is 0 Å². The lowest BCUT2D eigenvalue weighted by Gasteiger charge is -2.17. The van der Waals surface area contributed by atoms with Crippen LogP contribution in [0.2, 0.25) is 0 Å². The number of benzene rings is 1. The molecule has 0 radical (unpaired) electrons. The first-order chi connectivity index (χ1) is 9.45. The highest BCUT2D eigenvalue weighted by Crippen LogP contribution is 2.29. The molecular formula is C12H12F5NO2. The normalized spacial score (nSPS) is 16.3. The van der Waals surface area contributed by atoms with Crippen LogP contribution in [-0.2, 0) is 0 Å². The third kappa shape index (κ3) is 3.01. The van der Waals surface area contributed by atoms with Gasteiger partial charge in [0.15, 0.2) is 5.75 Å². The van der Waals surface area contributed by atoms with Crippen LogP contribution in [0.25, 0.3) is 0 Å². The van der Waals surface area contributed by atoms with Gasteiger partial charge in [-0.3, -0.25) is 0 Å². The molecule has 1 unspecified atom stereocenters. The molecule has 0 saturated heterocycles. The van der Waals surface area contributed by atoms with Crippen LogP contribution >= 0.6 is 0 Å². The van der Waals surface area contributed by atoms with Crippen LogP contribution in [0.5, 0.6) is 5.75 Å². The second-order valence-electron chi connectivity index (χ2n) is 4.53. The molecule has 1 aromatic rings. The Hall–Kier alpha value is -1.41. The SMILES string of the molecule is OCC(COc1c(F)c(F)c(F)c(F)c1F)NC1CC1. The van der Waals surface area contributed by atoms with E-state index in [4.69, 9.17) is 5.11 Å². The van der Waals surface area contributed by atoms with E-state index in [0.717, 1.165) is 12.8 Å². The quantitative estimate of drug-likeness (QED) is 0.478. The summed E-state index contributed by atoms with van der Waals surface area (Å²) in [5, 5.41) is 11.9. The zero-order valence-corrected chi connectivity index (χ0v) is 10.2. The number of hydrogen-bond acceptors (Lipinski definition) is 3. The largest absolute Gasteiger partial charge is 0.486 e. The van der Waals surface area contributed by atoms with Crippen molar-refractivity contribution in [2.75, 3.05) is 13.2 Å². The number of aliphatic hydroxyl groups is 1. The van der Waals surface area contributed by atoms with Crippen molar-refractivity contribution in [1.82, 2.24) is 5.32 Å².